The molecule has 0 amide bonds. The molecule has 3 nitrogen and oxygen atoms in total. The van der Waals surface area contributed by atoms with Crippen LogP contribution in [-0.4, -0.2) is 13.2 Å². The molecule has 1 aromatic carbocycles. The lowest BCUT2D eigenvalue weighted by Gasteiger charge is -2.36. The second kappa shape index (κ2) is 6.10. The van der Waals surface area contributed by atoms with E-state index in [4.69, 9.17) is 10.6 Å². The zero-order chi connectivity index (χ0) is 13.9. The van der Waals surface area contributed by atoms with E-state index in [0.29, 0.717) is 10.0 Å². The van der Waals surface area contributed by atoms with E-state index < -0.39 is 6.04 Å². The van der Waals surface area contributed by atoms with Gasteiger partial charge in [0.2, 0.25) is 0 Å². The number of benzene rings is 1. The normalized spacial score (nSPS) is 15.5. The first-order valence-electron chi connectivity index (χ1n) is 5.75. The van der Waals surface area contributed by atoms with Gasteiger partial charge in [-0.25, -0.2) is 4.39 Å². The van der Waals surface area contributed by atoms with E-state index in [9.17, 15) is 4.39 Å². The number of halogens is 2. The predicted octanol–water partition coefficient (Wildman–Crippen LogP) is 3.15. The van der Waals surface area contributed by atoms with Gasteiger partial charge >= 0.3 is 0 Å². The van der Waals surface area contributed by atoms with Crippen molar-refractivity contribution in [3.05, 3.63) is 34.1 Å². The van der Waals surface area contributed by atoms with Crippen molar-refractivity contribution in [3.8, 4) is 0 Å². The topological polar surface area (TPSA) is 47.3 Å². The number of rotatable bonds is 4. The highest BCUT2D eigenvalue weighted by Crippen LogP contribution is 2.34. The Morgan fingerprint density at radius 3 is 2.44 bits per heavy atom. The van der Waals surface area contributed by atoms with Gasteiger partial charge in [-0.05, 0) is 27.4 Å². The van der Waals surface area contributed by atoms with E-state index in [0.717, 1.165) is 0 Å². The van der Waals surface area contributed by atoms with Gasteiger partial charge in [0.15, 0.2) is 0 Å². The van der Waals surface area contributed by atoms with Crippen molar-refractivity contribution in [2.45, 2.75) is 32.9 Å². The Morgan fingerprint density at radius 2 is 2.00 bits per heavy atom. The van der Waals surface area contributed by atoms with Crippen LogP contribution in [0.25, 0.3) is 0 Å². The van der Waals surface area contributed by atoms with Gasteiger partial charge in [-0.2, -0.15) is 0 Å². The SMILES string of the molecule is COC(C(NN)c1cccc(Br)c1F)C(C)(C)C. The van der Waals surface area contributed by atoms with Gasteiger partial charge in [-0.15, -0.1) is 0 Å². The standard InChI is InChI=1S/C13H20BrFN2O/c1-13(2,3)12(18-4)11(17-16)8-6-5-7-9(14)10(8)15/h5-7,11-12,17H,16H2,1-4H3. The number of hydrazine groups is 1. The van der Waals surface area contributed by atoms with Gasteiger partial charge in [0.1, 0.15) is 5.82 Å². The molecule has 2 unspecified atom stereocenters. The summed E-state index contributed by atoms with van der Waals surface area (Å²) in [5, 5.41) is 0. The van der Waals surface area contributed by atoms with Gasteiger partial charge in [-0.3, -0.25) is 11.3 Å². The van der Waals surface area contributed by atoms with Crippen LogP contribution >= 0.6 is 15.9 Å². The smallest absolute Gasteiger partial charge is 0.142 e. The lowest BCUT2D eigenvalue weighted by atomic mass is 9.82. The molecule has 0 fully saturated rings. The van der Waals surface area contributed by atoms with Crippen molar-refractivity contribution in [1.29, 1.82) is 0 Å². The summed E-state index contributed by atoms with van der Waals surface area (Å²) in [6.07, 6.45) is -0.244. The average molecular weight is 319 g/mol. The maximum absolute atomic E-state index is 14.1. The van der Waals surface area contributed by atoms with Crippen molar-refractivity contribution in [2.24, 2.45) is 11.3 Å². The molecule has 2 atom stereocenters. The number of nitrogens with one attached hydrogen (secondary N) is 1. The number of ether oxygens (including phenoxy) is 1. The van der Waals surface area contributed by atoms with Crippen LogP contribution in [-0.2, 0) is 4.74 Å². The van der Waals surface area contributed by atoms with Crippen LogP contribution in [0.2, 0.25) is 0 Å². The summed E-state index contributed by atoms with van der Waals surface area (Å²) in [5.41, 5.74) is 2.99. The summed E-state index contributed by atoms with van der Waals surface area (Å²) < 4.78 is 20.0. The summed E-state index contributed by atoms with van der Waals surface area (Å²) in [7, 11) is 1.61. The van der Waals surface area contributed by atoms with Crippen LogP contribution in [0.4, 0.5) is 4.39 Å². The second-order valence-electron chi connectivity index (χ2n) is 5.31. The fraction of sp³-hybridized carbons (Fsp3) is 0.538. The molecule has 0 radical (unpaired) electrons. The summed E-state index contributed by atoms with van der Waals surface area (Å²) in [6.45, 7) is 6.09. The Bertz CT molecular complexity index is 406. The second-order valence-corrected chi connectivity index (χ2v) is 6.16. The van der Waals surface area contributed by atoms with Crippen LogP contribution in [0.1, 0.15) is 32.4 Å². The third kappa shape index (κ3) is 3.29. The van der Waals surface area contributed by atoms with Crippen LogP contribution in [0.15, 0.2) is 22.7 Å². The van der Waals surface area contributed by atoms with E-state index in [1.54, 1.807) is 25.3 Å². The quantitative estimate of drug-likeness (QED) is 0.662. The maximum atomic E-state index is 14.1. The van der Waals surface area contributed by atoms with E-state index in [-0.39, 0.29) is 17.3 Å². The largest absolute Gasteiger partial charge is 0.379 e. The molecule has 0 bridgehead atoms. The van der Waals surface area contributed by atoms with E-state index in [1.165, 1.54) is 0 Å². The molecule has 0 saturated carbocycles. The van der Waals surface area contributed by atoms with Crippen LogP contribution in [0.5, 0.6) is 0 Å². The van der Waals surface area contributed by atoms with Crippen LogP contribution in [0, 0.1) is 11.2 Å². The fourth-order valence-electron chi connectivity index (χ4n) is 2.09. The molecule has 0 saturated heterocycles. The molecule has 1 rings (SSSR count). The summed E-state index contributed by atoms with van der Waals surface area (Å²) in [4.78, 5) is 0. The minimum Gasteiger partial charge on any atom is -0.379 e. The number of methoxy groups -OCH3 is 1. The molecule has 0 aliphatic heterocycles. The Labute approximate surface area is 116 Å². The minimum atomic E-state index is -0.410. The summed E-state index contributed by atoms with van der Waals surface area (Å²) in [6, 6.07) is 4.74. The predicted molar refractivity (Wildman–Crippen MR) is 74.4 cm³/mol. The molecular weight excluding hydrogens is 299 g/mol. The Balaban J connectivity index is 3.20. The molecule has 5 heteroatoms. The van der Waals surface area contributed by atoms with Gasteiger partial charge in [-0.1, -0.05) is 32.9 Å². The first-order chi connectivity index (χ1) is 8.32. The third-order valence-electron chi connectivity index (χ3n) is 2.91. The first-order valence-corrected chi connectivity index (χ1v) is 6.55. The fourth-order valence-corrected chi connectivity index (χ4v) is 2.47. The van der Waals surface area contributed by atoms with Crippen molar-refractivity contribution in [1.82, 2.24) is 5.43 Å². The Hall–Kier alpha value is -0.490. The molecule has 0 spiro atoms. The third-order valence-corrected chi connectivity index (χ3v) is 3.52. The van der Waals surface area contributed by atoms with Gasteiger partial charge in [0.05, 0.1) is 16.6 Å². The Kier molecular flexibility index (Phi) is 5.28. The van der Waals surface area contributed by atoms with E-state index >= 15 is 0 Å². The average Bonchev–Trinajstić information content (AvgIpc) is 2.28. The van der Waals surface area contributed by atoms with E-state index in [2.05, 4.69) is 21.4 Å². The van der Waals surface area contributed by atoms with Crippen molar-refractivity contribution < 1.29 is 9.13 Å². The summed E-state index contributed by atoms with van der Waals surface area (Å²) >= 11 is 3.18. The maximum Gasteiger partial charge on any atom is 0.142 e. The molecule has 102 valence electrons. The molecular formula is C13H20BrFN2O. The molecule has 0 aliphatic rings. The van der Waals surface area contributed by atoms with Crippen molar-refractivity contribution in [3.63, 3.8) is 0 Å². The monoisotopic (exact) mass is 318 g/mol. The number of hydrogen-bond acceptors (Lipinski definition) is 3. The zero-order valence-corrected chi connectivity index (χ0v) is 12.7. The zero-order valence-electron chi connectivity index (χ0n) is 11.1. The molecule has 0 aliphatic carbocycles. The molecule has 1 aromatic rings. The molecule has 0 aromatic heterocycles. The highest BCUT2D eigenvalue weighted by atomic mass is 79.9. The van der Waals surface area contributed by atoms with Gasteiger partial charge < -0.3 is 4.74 Å². The van der Waals surface area contributed by atoms with Crippen molar-refractivity contribution in [2.75, 3.05) is 7.11 Å². The van der Waals surface area contributed by atoms with Crippen LogP contribution in [0.3, 0.4) is 0 Å². The molecule has 0 heterocycles. The summed E-state index contributed by atoms with van der Waals surface area (Å²) in [5.74, 6) is 5.27. The molecule has 3 N–H and O–H groups in total. The minimum absolute atomic E-state index is 0.166. The highest BCUT2D eigenvalue weighted by Gasteiger charge is 2.34. The highest BCUT2D eigenvalue weighted by molar-refractivity contribution is 9.10. The number of nitrogens with two attached hydrogens (primary N) is 1. The van der Waals surface area contributed by atoms with E-state index in [1.807, 2.05) is 20.8 Å². The van der Waals surface area contributed by atoms with Gasteiger partial charge in [0, 0.05) is 12.7 Å². The Morgan fingerprint density at radius 1 is 1.39 bits per heavy atom. The number of hydrogen-bond donors (Lipinski definition) is 2. The first kappa shape index (κ1) is 15.6. The molecule has 18 heavy (non-hydrogen) atoms. The van der Waals surface area contributed by atoms with Gasteiger partial charge in [0.25, 0.3) is 0 Å². The van der Waals surface area contributed by atoms with Crippen molar-refractivity contribution >= 4 is 15.9 Å². The van der Waals surface area contributed by atoms with Crippen LogP contribution < -0.4 is 11.3 Å². The lowest BCUT2D eigenvalue weighted by molar-refractivity contribution is -0.0128. The lowest BCUT2D eigenvalue weighted by Crippen LogP contribution is -2.44.